The third kappa shape index (κ3) is 3.00. The molecule has 0 aliphatic carbocycles. The summed E-state index contributed by atoms with van der Waals surface area (Å²) in [4.78, 5) is 14.7. The molecule has 1 aromatic carbocycles. The Morgan fingerprint density at radius 1 is 1.35 bits per heavy atom. The highest BCUT2D eigenvalue weighted by atomic mass is 35.5. The van der Waals surface area contributed by atoms with Crippen molar-refractivity contribution in [2.24, 2.45) is 5.92 Å². The van der Waals surface area contributed by atoms with Crippen molar-refractivity contribution >= 4 is 17.5 Å². The summed E-state index contributed by atoms with van der Waals surface area (Å²) in [5.74, 6) is 0.310. The summed E-state index contributed by atoms with van der Waals surface area (Å²) >= 11 is 6.34. The van der Waals surface area contributed by atoms with E-state index in [0.717, 1.165) is 43.9 Å². The van der Waals surface area contributed by atoms with Crippen LogP contribution in [-0.4, -0.2) is 37.1 Å². The minimum Gasteiger partial charge on any atom is -0.381 e. The summed E-state index contributed by atoms with van der Waals surface area (Å²) in [6.07, 6.45) is 4.11. The number of benzene rings is 1. The Bertz CT molecular complexity index is 607. The highest BCUT2D eigenvalue weighted by molar-refractivity contribution is 6.30. The van der Waals surface area contributed by atoms with E-state index in [-0.39, 0.29) is 11.8 Å². The second-order valence-corrected chi connectivity index (χ2v) is 7.29. The zero-order chi connectivity index (χ0) is 15.8. The Kier molecular flexibility index (Phi) is 4.31. The van der Waals surface area contributed by atoms with Crippen LogP contribution in [0, 0.1) is 5.92 Å². The first-order valence-corrected chi connectivity index (χ1v) is 9.01. The molecule has 0 aromatic heterocycles. The van der Waals surface area contributed by atoms with Crippen molar-refractivity contribution < 1.29 is 9.53 Å². The summed E-state index contributed by atoms with van der Waals surface area (Å²) in [6.45, 7) is 3.87. The van der Waals surface area contributed by atoms with E-state index < -0.39 is 0 Å². The predicted molar refractivity (Wildman–Crippen MR) is 89.5 cm³/mol. The number of nitrogens with one attached hydrogen (secondary N) is 1. The van der Waals surface area contributed by atoms with E-state index in [1.54, 1.807) is 0 Å². The topological polar surface area (TPSA) is 41.6 Å². The summed E-state index contributed by atoms with van der Waals surface area (Å²) in [5.41, 5.74) is 3.92. The summed E-state index contributed by atoms with van der Waals surface area (Å²) in [7, 11) is 0. The fourth-order valence-corrected chi connectivity index (χ4v) is 4.34. The molecule has 1 N–H and O–H groups in total. The summed E-state index contributed by atoms with van der Waals surface area (Å²) in [5, 5.41) is 4.38. The van der Waals surface area contributed by atoms with E-state index in [4.69, 9.17) is 16.3 Å². The Morgan fingerprint density at radius 2 is 2.26 bits per heavy atom. The second-order valence-electron chi connectivity index (χ2n) is 6.85. The van der Waals surface area contributed by atoms with Crippen LogP contribution in [0.15, 0.2) is 12.1 Å². The van der Waals surface area contributed by atoms with Gasteiger partial charge in [0.1, 0.15) is 0 Å². The van der Waals surface area contributed by atoms with E-state index >= 15 is 0 Å². The van der Waals surface area contributed by atoms with E-state index in [9.17, 15) is 4.79 Å². The van der Waals surface area contributed by atoms with Gasteiger partial charge in [-0.05, 0) is 61.1 Å². The average molecular weight is 335 g/mol. The zero-order valence-electron chi connectivity index (χ0n) is 13.3. The molecule has 1 aromatic rings. The van der Waals surface area contributed by atoms with Gasteiger partial charge in [0.05, 0.1) is 12.5 Å². The number of nitrogens with zero attached hydrogens (tertiary/aromatic N) is 1. The van der Waals surface area contributed by atoms with Crippen LogP contribution >= 0.6 is 11.6 Å². The fraction of sp³-hybridized carbons (Fsp3) is 0.611. The molecule has 5 heteroatoms. The minimum atomic E-state index is 0.0527. The molecule has 2 fully saturated rings. The molecule has 0 saturated carbocycles. The quantitative estimate of drug-likeness (QED) is 0.904. The monoisotopic (exact) mass is 334 g/mol. The predicted octanol–water partition coefficient (Wildman–Crippen LogP) is 2.69. The van der Waals surface area contributed by atoms with Crippen LogP contribution in [0.5, 0.6) is 0 Å². The highest BCUT2D eigenvalue weighted by Crippen LogP contribution is 2.34. The van der Waals surface area contributed by atoms with Crippen molar-refractivity contribution in [3.05, 3.63) is 33.8 Å². The van der Waals surface area contributed by atoms with E-state index in [1.165, 1.54) is 23.1 Å². The van der Waals surface area contributed by atoms with Crippen LogP contribution in [0.2, 0.25) is 5.02 Å². The molecule has 23 heavy (non-hydrogen) atoms. The van der Waals surface area contributed by atoms with Gasteiger partial charge in [0.25, 0.3) is 0 Å². The molecule has 3 aliphatic rings. The molecule has 0 bridgehead atoms. The molecular formula is C18H23ClN2O2. The molecule has 3 aliphatic heterocycles. The first-order valence-electron chi connectivity index (χ1n) is 8.63. The van der Waals surface area contributed by atoms with Crippen molar-refractivity contribution in [3.63, 3.8) is 0 Å². The lowest BCUT2D eigenvalue weighted by Crippen LogP contribution is -2.40. The normalized spacial score (nSPS) is 27.3. The molecule has 2 atom stereocenters. The van der Waals surface area contributed by atoms with Gasteiger partial charge < -0.3 is 15.0 Å². The van der Waals surface area contributed by atoms with Crippen LogP contribution in [-0.2, 0) is 22.5 Å². The molecule has 0 unspecified atom stereocenters. The molecule has 2 saturated heterocycles. The number of hydrogen-bond acceptors (Lipinski definition) is 3. The van der Waals surface area contributed by atoms with Gasteiger partial charge in [-0.15, -0.1) is 0 Å². The number of amides is 1. The molecule has 4 nitrogen and oxygen atoms in total. The maximum Gasteiger partial charge on any atom is 0.228 e. The van der Waals surface area contributed by atoms with Gasteiger partial charge in [-0.3, -0.25) is 4.79 Å². The van der Waals surface area contributed by atoms with E-state index in [1.807, 2.05) is 4.90 Å². The van der Waals surface area contributed by atoms with Crippen LogP contribution in [0.4, 0.5) is 0 Å². The average Bonchev–Trinajstić information content (AvgIpc) is 3.26. The molecule has 1 amide bonds. The van der Waals surface area contributed by atoms with Crippen molar-refractivity contribution in [2.45, 2.75) is 38.3 Å². The molecule has 0 spiro atoms. The van der Waals surface area contributed by atoms with Crippen LogP contribution < -0.4 is 5.32 Å². The number of fused-ring (bicyclic) bond motifs is 1. The van der Waals surface area contributed by atoms with Gasteiger partial charge in [-0.25, -0.2) is 0 Å². The van der Waals surface area contributed by atoms with E-state index in [0.29, 0.717) is 19.3 Å². The largest absolute Gasteiger partial charge is 0.381 e. The number of carbonyl (C=O) groups excluding carboxylic acids is 1. The Balaban J connectivity index is 1.61. The van der Waals surface area contributed by atoms with Gasteiger partial charge in [0.2, 0.25) is 5.91 Å². The Hall–Kier alpha value is -1.10. The van der Waals surface area contributed by atoms with Crippen LogP contribution in [0.1, 0.15) is 42.0 Å². The number of carbonyl (C=O) groups is 1. The molecular weight excluding hydrogens is 312 g/mol. The highest BCUT2D eigenvalue weighted by Gasteiger charge is 2.32. The smallest absolute Gasteiger partial charge is 0.228 e. The third-order valence-corrected chi connectivity index (χ3v) is 5.59. The van der Waals surface area contributed by atoms with E-state index in [2.05, 4.69) is 17.4 Å². The standard InChI is InChI=1S/C18H23ClN2O2/c19-14-8-12-3-6-21(18(22)13-4-7-23-11-13)10-16(12)15(9-14)17-2-1-5-20-17/h8-9,13,17,20H,1-7,10-11H2/t13-,17+/m1/s1. The maximum absolute atomic E-state index is 12.7. The molecule has 0 radical (unpaired) electrons. The Labute approximate surface area is 142 Å². The van der Waals surface area contributed by atoms with Gasteiger partial charge in [0, 0.05) is 30.8 Å². The molecule has 3 heterocycles. The van der Waals surface area contributed by atoms with Crippen LogP contribution in [0.3, 0.4) is 0 Å². The van der Waals surface area contributed by atoms with Gasteiger partial charge in [0.15, 0.2) is 0 Å². The first-order chi connectivity index (χ1) is 11.2. The maximum atomic E-state index is 12.7. The lowest BCUT2D eigenvalue weighted by atomic mass is 9.90. The SMILES string of the molecule is O=C([C@@H]1CCOC1)N1CCc2cc(Cl)cc([C@@H]3CCCN3)c2C1. The lowest BCUT2D eigenvalue weighted by molar-refractivity contribution is -0.136. The summed E-state index contributed by atoms with van der Waals surface area (Å²) < 4.78 is 5.38. The third-order valence-electron chi connectivity index (χ3n) is 5.37. The van der Waals surface area contributed by atoms with Crippen molar-refractivity contribution in [3.8, 4) is 0 Å². The number of halogens is 1. The van der Waals surface area contributed by atoms with Crippen LogP contribution in [0.25, 0.3) is 0 Å². The number of ether oxygens (including phenoxy) is 1. The fourth-order valence-electron chi connectivity index (χ4n) is 4.09. The molecule has 4 rings (SSSR count). The van der Waals surface area contributed by atoms with Crippen molar-refractivity contribution in [2.75, 3.05) is 26.3 Å². The Morgan fingerprint density at radius 3 is 3.00 bits per heavy atom. The second kappa shape index (κ2) is 6.42. The van der Waals surface area contributed by atoms with Gasteiger partial charge >= 0.3 is 0 Å². The summed E-state index contributed by atoms with van der Waals surface area (Å²) in [6, 6.07) is 4.55. The van der Waals surface area contributed by atoms with Gasteiger partial charge in [-0.1, -0.05) is 11.6 Å². The van der Waals surface area contributed by atoms with Crippen molar-refractivity contribution in [1.29, 1.82) is 0 Å². The minimum absolute atomic E-state index is 0.0527. The first kappa shape index (κ1) is 15.4. The zero-order valence-corrected chi connectivity index (χ0v) is 14.1. The number of rotatable bonds is 2. The number of hydrogen-bond donors (Lipinski definition) is 1. The lowest BCUT2D eigenvalue weighted by Gasteiger charge is -2.33. The van der Waals surface area contributed by atoms with Crippen molar-refractivity contribution in [1.82, 2.24) is 10.2 Å². The van der Waals surface area contributed by atoms with Gasteiger partial charge in [-0.2, -0.15) is 0 Å². The molecule has 124 valence electrons.